The lowest BCUT2D eigenvalue weighted by molar-refractivity contribution is 0.279. The van der Waals surface area contributed by atoms with Gasteiger partial charge in [0.15, 0.2) is 0 Å². The van der Waals surface area contributed by atoms with Crippen molar-refractivity contribution in [3.05, 3.63) is 0 Å². The molecule has 2 heterocycles. The smallest absolute Gasteiger partial charge is 0.0845 e. The predicted molar refractivity (Wildman–Crippen MR) is 35.7 cm³/mol. The van der Waals surface area contributed by atoms with Gasteiger partial charge in [-0.25, -0.2) is 0 Å². The van der Waals surface area contributed by atoms with E-state index in [4.69, 9.17) is 9.47 Å². The van der Waals surface area contributed by atoms with Crippen LogP contribution in [0.3, 0.4) is 0 Å². The summed E-state index contributed by atoms with van der Waals surface area (Å²) in [6.07, 6.45) is 5.79. The van der Waals surface area contributed by atoms with E-state index in [9.17, 15) is 0 Å². The fourth-order valence-corrected chi connectivity index (χ4v) is 2.10. The van der Waals surface area contributed by atoms with Gasteiger partial charge in [-0.3, -0.25) is 0 Å². The summed E-state index contributed by atoms with van der Waals surface area (Å²) in [4.78, 5) is 0. The Bertz CT molecular complexity index is 153. The van der Waals surface area contributed by atoms with E-state index in [1.54, 1.807) is 0 Å². The first-order valence-electron chi connectivity index (χ1n) is 4.20. The molecule has 4 atom stereocenters. The fourth-order valence-electron chi connectivity index (χ4n) is 2.10. The molecule has 2 nitrogen and oxygen atoms in total. The first-order chi connectivity index (χ1) is 4.93. The summed E-state index contributed by atoms with van der Waals surface area (Å²) in [6.45, 7) is 1.02. The third-order valence-electron chi connectivity index (χ3n) is 2.93. The largest absolute Gasteiger partial charge is 0.373 e. The van der Waals surface area contributed by atoms with Gasteiger partial charge in [0.1, 0.15) is 0 Å². The number of rotatable bonds is 1. The van der Waals surface area contributed by atoms with Crippen molar-refractivity contribution in [2.75, 3.05) is 6.61 Å². The second-order valence-corrected chi connectivity index (χ2v) is 3.66. The zero-order chi connectivity index (χ0) is 6.55. The monoisotopic (exact) mass is 140 g/mol. The van der Waals surface area contributed by atoms with Gasteiger partial charge in [-0.05, 0) is 25.2 Å². The Kier molecular flexibility index (Phi) is 0.968. The number of epoxide rings is 2. The van der Waals surface area contributed by atoms with Crippen molar-refractivity contribution in [2.24, 2.45) is 5.92 Å². The normalized spacial score (nSPS) is 57.6. The standard InChI is InChI=1S/C8H12O2/c1-2-6-7(10-6)3-5(1)8-4-9-8/h5-8H,1-4H2/t5-,6+,7-,8+/m1/s1. The molecule has 2 aliphatic heterocycles. The van der Waals surface area contributed by atoms with Crippen LogP contribution in [-0.4, -0.2) is 24.9 Å². The molecule has 1 aliphatic carbocycles. The molecular weight excluding hydrogens is 128 g/mol. The summed E-state index contributed by atoms with van der Waals surface area (Å²) >= 11 is 0. The molecule has 2 saturated heterocycles. The molecule has 56 valence electrons. The van der Waals surface area contributed by atoms with E-state index < -0.39 is 0 Å². The molecule has 0 unspecified atom stereocenters. The van der Waals surface area contributed by atoms with Crippen molar-refractivity contribution >= 4 is 0 Å². The van der Waals surface area contributed by atoms with E-state index in [1.165, 1.54) is 19.3 Å². The zero-order valence-corrected chi connectivity index (χ0v) is 5.95. The molecule has 1 saturated carbocycles. The highest BCUT2D eigenvalue weighted by Crippen LogP contribution is 2.43. The lowest BCUT2D eigenvalue weighted by atomic mass is 9.87. The van der Waals surface area contributed by atoms with E-state index in [-0.39, 0.29) is 0 Å². The van der Waals surface area contributed by atoms with Gasteiger partial charge in [-0.2, -0.15) is 0 Å². The van der Waals surface area contributed by atoms with Crippen molar-refractivity contribution in [1.82, 2.24) is 0 Å². The quantitative estimate of drug-likeness (QED) is 0.507. The summed E-state index contributed by atoms with van der Waals surface area (Å²) in [5.41, 5.74) is 0. The van der Waals surface area contributed by atoms with Gasteiger partial charge in [0, 0.05) is 0 Å². The zero-order valence-electron chi connectivity index (χ0n) is 5.95. The van der Waals surface area contributed by atoms with Crippen LogP contribution < -0.4 is 0 Å². The molecule has 0 N–H and O–H groups in total. The third kappa shape index (κ3) is 0.789. The first-order valence-corrected chi connectivity index (χ1v) is 4.20. The lowest BCUT2D eigenvalue weighted by Crippen LogP contribution is -2.17. The second kappa shape index (κ2) is 1.74. The topological polar surface area (TPSA) is 25.1 Å². The van der Waals surface area contributed by atoms with Crippen LogP contribution in [0.5, 0.6) is 0 Å². The first kappa shape index (κ1) is 5.56. The molecule has 10 heavy (non-hydrogen) atoms. The van der Waals surface area contributed by atoms with Crippen LogP contribution in [0, 0.1) is 5.92 Å². The molecule has 0 aromatic rings. The van der Waals surface area contributed by atoms with E-state index in [2.05, 4.69) is 0 Å². The van der Waals surface area contributed by atoms with Crippen LogP contribution in [0.4, 0.5) is 0 Å². The highest BCUT2D eigenvalue weighted by atomic mass is 16.6. The van der Waals surface area contributed by atoms with Gasteiger partial charge in [-0.15, -0.1) is 0 Å². The van der Waals surface area contributed by atoms with Gasteiger partial charge < -0.3 is 9.47 Å². The Morgan fingerprint density at radius 2 is 1.90 bits per heavy atom. The second-order valence-electron chi connectivity index (χ2n) is 3.66. The molecule has 0 aromatic heterocycles. The molecule has 2 heteroatoms. The summed E-state index contributed by atoms with van der Waals surface area (Å²) in [5, 5.41) is 0. The van der Waals surface area contributed by atoms with E-state index >= 15 is 0 Å². The Labute approximate surface area is 60.5 Å². The maximum absolute atomic E-state index is 5.43. The Hall–Kier alpha value is -0.0800. The minimum Gasteiger partial charge on any atom is -0.373 e. The molecule has 0 bridgehead atoms. The average molecular weight is 140 g/mol. The molecule has 0 amide bonds. The number of hydrogen-bond donors (Lipinski definition) is 0. The Balaban J connectivity index is 1.65. The molecule has 0 aromatic carbocycles. The van der Waals surface area contributed by atoms with Gasteiger partial charge in [-0.1, -0.05) is 0 Å². The summed E-state index contributed by atoms with van der Waals surface area (Å²) < 4.78 is 10.7. The number of fused-ring (bicyclic) bond motifs is 1. The van der Waals surface area contributed by atoms with E-state index in [0.29, 0.717) is 18.3 Å². The maximum atomic E-state index is 5.43. The number of hydrogen-bond acceptors (Lipinski definition) is 2. The predicted octanol–water partition coefficient (Wildman–Crippen LogP) is 0.953. The number of ether oxygens (including phenoxy) is 2. The lowest BCUT2D eigenvalue weighted by Gasteiger charge is -2.15. The Morgan fingerprint density at radius 3 is 2.60 bits per heavy atom. The maximum Gasteiger partial charge on any atom is 0.0845 e. The van der Waals surface area contributed by atoms with Crippen LogP contribution in [0.1, 0.15) is 19.3 Å². The molecular formula is C8H12O2. The molecule has 0 spiro atoms. The molecule has 3 rings (SSSR count). The van der Waals surface area contributed by atoms with Crippen molar-refractivity contribution < 1.29 is 9.47 Å². The van der Waals surface area contributed by atoms with Crippen molar-refractivity contribution in [3.63, 3.8) is 0 Å². The summed E-state index contributed by atoms with van der Waals surface area (Å²) in [6, 6.07) is 0. The average Bonchev–Trinajstić information content (AvgIpc) is 2.83. The molecule has 3 aliphatic rings. The van der Waals surface area contributed by atoms with Gasteiger partial charge >= 0.3 is 0 Å². The van der Waals surface area contributed by atoms with Crippen LogP contribution in [0.25, 0.3) is 0 Å². The van der Waals surface area contributed by atoms with Crippen LogP contribution in [-0.2, 0) is 9.47 Å². The molecule has 0 radical (unpaired) electrons. The van der Waals surface area contributed by atoms with Crippen LogP contribution in [0.15, 0.2) is 0 Å². The van der Waals surface area contributed by atoms with E-state index in [1.807, 2.05) is 0 Å². The van der Waals surface area contributed by atoms with Gasteiger partial charge in [0.05, 0.1) is 24.9 Å². The highest BCUT2D eigenvalue weighted by molar-refractivity contribution is 4.96. The third-order valence-corrected chi connectivity index (χ3v) is 2.93. The highest BCUT2D eigenvalue weighted by Gasteiger charge is 2.48. The van der Waals surface area contributed by atoms with Crippen molar-refractivity contribution in [1.29, 1.82) is 0 Å². The van der Waals surface area contributed by atoms with Crippen LogP contribution >= 0.6 is 0 Å². The molecule has 3 fully saturated rings. The summed E-state index contributed by atoms with van der Waals surface area (Å²) in [7, 11) is 0. The Morgan fingerprint density at radius 1 is 1.00 bits per heavy atom. The minimum atomic E-state index is 0.616. The fraction of sp³-hybridized carbons (Fsp3) is 1.00. The summed E-state index contributed by atoms with van der Waals surface area (Å²) in [5.74, 6) is 0.837. The minimum absolute atomic E-state index is 0.616. The van der Waals surface area contributed by atoms with Gasteiger partial charge in [0.25, 0.3) is 0 Å². The van der Waals surface area contributed by atoms with E-state index in [0.717, 1.165) is 12.5 Å². The SMILES string of the molecule is C1C[C@@H]2O[C@@H]2C[C@@H]1[C@@H]1CO1. The van der Waals surface area contributed by atoms with Crippen LogP contribution in [0.2, 0.25) is 0 Å². The van der Waals surface area contributed by atoms with Crippen molar-refractivity contribution in [2.45, 2.75) is 37.6 Å². The van der Waals surface area contributed by atoms with Gasteiger partial charge in [0.2, 0.25) is 0 Å². The van der Waals surface area contributed by atoms with Crippen molar-refractivity contribution in [3.8, 4) is 0 Å².